The monoisotopic (exact) mass is 432 g/mol. The molecule has 1 unspecified atom stereocenters. The van der Waals surface area contributed by atoms with E-state index in [1.165, 1.54) is 0 Å². The molecule has 1 aromatic rings. The Morgan fingerprint density at radius 2 is 2.00 bits per heavy atom. The smallest absolute Gasteiger partial charge is 0.292 e. The van der Waals surface area contributed by atoms with E-state index in [0.717, 1.165) is 24.8 Å². The van der Waals surface area contributed by atoms with E-state index >= 15 is 0 Å². The topological polar surface area (TPSA) is 86.3 Å². The molecule has 0 bridgehead atoms. The highest BCUT2D eigenvalue weighted by Gasteiger charge is 2.29. The number of likely N-dealkylation sites (tertiary alicyclic amines) is 1. The molecule has 31 heavy (non-hydrogen) atoms. The molecule has 0 aliphatic carbocycles. The van der Waals surface area contributed by atoms with Gasteiger partial charge in [0.05, 0.1) is 14.2 Å². The lowest BCUT2D eigenvalue weighted by Crippen LogP contribution is -2.42. The molecular weight excluding hydrogens is 400 g/mol. The van der Waals surface area contributed by atoms with Crippen LogP contribution in [-0.2, 0) is 25.6 Å². The summed E-state index contributed by atoms with van der Waals surface area (Å²) in [7, 11) is 3.20. The van der Waals surface area contributed by atoms with Gasteiger partial charge in [-0.15, -0.1) is 0 Å². The highest BCUT2D eigenvalue weighted by Crippen LogP contribution is 2.26. The minimum atomic E-state index is -0.113. The van der Waals surface area contributed by atoms with Crippen LogP contribution in [0.1, 0.15) is 38.2 Å². The van der Waals surface area contributed by atoms with Gasteiger partial charge in [-0.1, -0.05) is 0 Å². The maximum Gasteiger partial charge on any atom is 0.292 e. The molecule has 1 atom stereocenters. The van der Waals surface area contributed by atoms with Gasteiger partial charge in [0.1, 0.15) is 30.5 Å². The predicted molar refractivity (Wildman–Crippen MR) is 115 cm³/mol. The quantitative estimate of drug-likeness (QED) is 0.680. The molecule has 1 saturated heterocycles. The average Bonchev–Trinajstić information content (AvgIpc) is 2.81. The van der Waals surface area contributed by atoms with Gasteiger partial charge >= 0.3 is 0 Å². The summed E-state index contributed by atoms with van der Waals surface area (Å²) in [5, 5.41) is 2.96. The second-order valence-electron chi connectivity index (χ2n) is 7.83. The van der Waals surface area contributed by atoms with Crippen molar-refractivity contribution >= 4 is 11.8 Å². The molecule has 0 aromatic heterocycles. The number of amides is 2. The zero-order valence-corrected chi connectivity index (χ0v) is 18.6. The average molecular weight is 433 g/mol. The van der Waals surface area contributed by atoms with E-state index in [-0.39, 0.29) is 11.8 Å². The number of ether oxygens (including phenoxy) is 4. The van der Waals surface area contributed by atoms with Crippen LogP contribution < -0.4 is 14.8 Å². The number of allylic oxidation sites excluding steroid dienone is 1. The molecule has 8 heteroatoms. The third-order valence-corrected chi connectivity index (χ3v) is 5.72. The first-order chi connectivity index (χ1) is 15.0. The first-order valence-corrected chi connectivity index (χ1v) is 10.7. The van der Waals surface area contributed by atoms with Crippen LogP contribution in [-0.4, -0.2) is 57.2 Å². The molecule has 1 fully saturated rings. The highest BCUT2D eigenvalue weighted by atomic mass is 16.6. The number of carbonyl (C=O) groups excluding carboxylic acids is 2. The fraction of sp³-hybridized carbons (Fsp3) is 0.565. The van der Waals surface area contributed by atoms with E-state index in [9.17, 15) is 9.59 Å². The lowest BCUT2D eigenvalue weighted by molar-refractivity contribution is -0.134. The Kier molecular flexibility index (Phi) is 8.03. The van der Waals surface area contributed by atoms with Gasteiger partial charge in [-0.2, -0.15) is 0 Å². The van der Waals surface area contributed by atoms with Gasteiger partial charge in [-0.25, -0.2) is 0 Å². The van der Waals surface area contributed by atoms with Crippen LogP contribution in [0.2, 0.25) is 0 Å². The summed E-state index contributed by atoms with van der Waals surface area (Å²) >= 11 is 0. The molecule has 1 aromatic carbocycles. The fourth-order valence-electron chi connectivity index (χ4n) is 3.96. The summed E-state index contributed by atoms with van der Waals surface area (Å²) < 4.78 is 21.5. The van der Waals surface area contributed by atoms with Gasteiger partial charge in [0.15, 0.2) is 0 Å². The van der Waals surface area contributed by atoms with Crippen molar-refractivity contribution in [3.8, 4) is 11.5 Å². The lowest BCUT2D eigenvalue weighted by Gasteiger charge is -2.34. The zero-order valence-electron chi connectivity index (χ0n) is 18.6. The van der Waals surface area contributed by atoms with E-state index in [4.69, 9.17) is 18.9 Å². The molecule has 0 radical (unpaired) electrons. The summed E-state index contributed by atoms with van der Waals surface area (Å²) in [4.78, 5) is 27.0. The van der Waals surface area contributed by atoms with Gasteiger partial charge in [0.25, 0.3) is 5.91 Å². The number of hydrogen-bond acceptors (Lipinski definition) is 6. The van der Waals surface area contributed by atoms with Gasteiger partial charge in [0, 0.05) is 37.7 Å². The van der Waals surface area contributed by atoms with Crippen LogP contribution in [0, 0.1) is 5.92 Å². The highest BCUT2D eigenvalue weighted by molar-refractivity contribution is 5.92. The van der Waals surface area contributed by atoms with Crippen LogP contribution in [0.25, 0.3) is 0 Å². The van der Waals surface area contributed by atoms with Gasteiger partial charge in [-0.3, -0.25) is 9.59 Å². The van der Waals surface area contributed by atoms with Crippen LogP contribution in [0.5, 0.6) is 11.5 Å². The molecule has 0 saturated carbocycles. The van der Waals surface area contributed by atoms with E-state index in [2.05, 4.69) is 5.32 Å². The molecule has 3 rings (SSSR count). The third kappa shape index (κ3) is 6.06. The Labute approximate surface area is 183 Å². The van der Waals surface area contributed by atoms with Crippen molar-refractivity contribution in [3.63, 3.8) is 0 Å². The summed E-state index contributed by atoms with van der Waals surface area (Å²) in [6.07, 6.45) is 3.10. The van der Waals surface area contributed by atoms with Crippen LogP contribution in [0.4, 0.5) is 0 Å². The number of benzene rings is 1. The van der Waals surface area contributed by atoms with E-state index in [1.807, 2.05) is 17.0 Å². The Balaban J connectivity index is 1.46. The van der Waals surface area contributed by atoms with E-state index in [0.29, 0.717) is 68.2 Å². The lowest BCUT2D eigenvalue weighted by atomic mass is 9.93. The molecule has 0 spiro atoms. The van der Waals surface area contributed by atoms with Crippen LogP contribution in [0.3, 0.4) is 0 Å². The maximum atomic E-state index is 12.8. The van der Waals surface area contributed by atoms with Gasteiger partial charge < -0.3 is 29.2 Å². The number of nitrogens with zero attached hydrogens (tertiary/aromatic N) is 1. The van der Waals surface area contributed by atoms with Gasteiger partial charge in [-0.05, 0) is 44.2 Å². The number of nitrogens with one attached hydrogen (secondary N) is 1. The van der Waals surface area contributed by atoms with E-state index < -0.39 is 0 Å². The second kappa shape index (κ2) is 10.9. The largest absolute Gasteiger partial charge is 0.497 e. The van der Waals surface area contributed by atoms with E-state index in [1.54, 1.807) is 27.2 Å². The minimum Gasteiger partial charge on any atom is -0.497 e. The SMILES string of the molecule is COc1ccc(CNC(=O)CCC2CCCN(C(=O)C3=C(C)OCCO3)C2)c(OC)c1. The number of methoxy groups -OCH3 is 2. The summed E-state index contributed by atoms with van der Waals surface area (Å²) in [6.45, 7) is 4.37. The second-order valence-corrected chi connectivity index (χ2v) is 7.83. The van der Waals surface area contributed by atoms with Crippen molar-refractivity contribution < 1.29 is 28.5 Å². The van der Waals surface area contributed by atoms with Crippen LogP contribution >= 0.6 is 0 Å². The predicted octanol–water partition coefficient (Wildman–Crippen LogP) is 2.62. The minimum absolute atomic E-state index is 0.0103. The molecule has 2 heterocycles. The zero-order chi connectivity index (χ0) is 22.2. The summed E-state index contributed by atoms with van der Waals surface area (Å²) in [5.41, 5.74) is 0.893. The van der Waals surface area contributed by atoms with Crippen molar-refractivity contribution in [2.75, 3.05) is 40.5 Å². The van der Waals surface area contributed by atoms with Crippen molar-refractivity contribution in [3.05, 3.63) is 35.3 Å². The Hall–Kier alpha value is -2.90. The molecule has 8 nitrogen and oxygen atoms in total. The molecule has 2 aliphatic heterocycles. The number of rotatable bonds is 8. The maximum absolute atomic E-state index is 12.8. The number of hydrogen-bond donors (Lipinski definition) is 1. The summed E-state index contributed by atoms with van der Waals surface area (Å²) in [6, 6.07) is 5.53. The number of carbonyl (C=O) groups is 2. The Bertz CT molecular complexity index is 822. The summed E-state index contributed by atoms with van der Waals surface area (Å²) in [5.74, 6) is 2.43. The number of piperidine rings is 1. The fourth-order valence-corrected chi connectivity index (χ4v) is 3.96. The standard InChI is InChI=1S/C23H32N2O6/c1-16-22(31-12-11-30-16)23(27)25-10-4-5-17(15-25)6-9-21(26)24-14-18-7-8-19(28-2)13-20(18)29-3/h7-8,13,17H,4-6,9-12,14-15H2,1-3H3,(H,24,26). The third-order valence-electron chi connectivity index (χ3n) is 5.72. The first kappa shape index (κ1) is 22.8. The molecule has 2 aliphatic rings. The van der Waals surface area contributed by atoms with Crippen LogP contribution in [0.15, 0.2) is 29.7 Å². The first-order valence-electron chi connectivity index (χ1n) is 10.7. The molecular formula is C23H32N2O6. The van der Waals surface area contributed by atoms with Crippen molar-refractivity contribution in [1.82, 2.24) is 10.2 Å². The molecule has 1 N–H and O–H groups in total. The van der Waals surface area contributed by atoms with Crippen molar-refractivity contribution in [1.29, 1.82) is 0 Å². The van der Waals surface area contributed by atoms with Gasteiger partial charge in [0.2, 0.25) is 11.7 Å². The van der Waals surface area contributed by atoms with Crippen molar-refractivity contribution in [2.24, 2.45) is 5.92 Å². The van der Waals surface area contributed by atoms with Crippen molar-refractivity contribution in [2.45, 2.75) is 39.2 Å². The molecule has 170 valence electrons. The Morgan fingerprint density at radius 3 is 2.74 bits per heavy atom. The Morgan fingerprint density at radius 1 is 1.19 bits per heavy atom. The normalized spacial score (nSPS) is 18.7. The molecule has 2 amide bonds.